The van der Waals surface area contributed by atoms with Crippen molar-refractivity contribution in [2.24, 2.45) is 0 Å². The van der Waals surface area contributed by atoms with E-state index < -0.39 is 0 Å². The topological polar surface area (TPSA) is 76.1 Å². The lowest BCUT2D eigenvalue weighted by atomic mass is 10.1. The van der Waals surface area contributed by atoms with Crippen LogP contribution in [0.4, 0.5) is 10.5 Å². The highest BCUT2D eigenvalue weighted by Gasteiger charge is 2.17. The zero-order valence-electron chi connectivity index (χ0n) is 11.2. The molecule has 7 heteroatoms. The predicted octanol–water partition coefficient (Wildman–Crippen LogP) is 2.30. The highest BCUT2D eigenvalue weighted by atomic mass is 32.1. The molecule has 3 rings (SSSR count). The van der Waals surface area contributed by atoms with Crippen molar-refractivity contribution in [3.05, 3.63) is 17.7 Å². The third kappa shape index (κ3) is 2.73. The molecule has 2 amide bonds. The minimum Gasteiger partial charge on any atom is -0.376 e. The van der Waals surface area contributed by atoms with Crippen LogP contribution >= 0.6 is 11.7 Å². The molecule has 1 aliphatic rings. The number of amides is 2. The normalized spacial score (nSPS) is 18.4. The molecule has 6 nitrogen and oxygen atoms in total. The fourth-order valence-corrected chi connectivity index (χ4v) is 2.82. The van der Waals surface area contributed by atoms with Crippen LogP contribution in [0.25, 0.3) is 11.0 Å². The Morgan fingerprint density at radius 2 is 2.40 bits per heavy atom. The third-order valence-electron chi connectivity index (χ3n) is 3.39. The summed E-state index contributed by atoms with van der Waals surface area (Å²) in [6.07, 6.45) is 2.21. The molecule has 1 saturated heterocycles. The van der Waals surface area contributed by atoms with E-state index in [1.54, 1.807) is 0 Å². The molecule has 0 spiro atoms. The Kier molecular flexibility index (Phi) is 3.79. The van der Waals surface area contributed by atoms with E-state index in [1.165, 1.54) is 0 Å². The number of carbonyl (C=O) groups excluding carboxylic acids is 1. The largest absolute Gasteiger partial charge is 0.376 e. The van der Waals surface area contributed by atoms with E-state index in [2.05, 4.69) is 19.4 Å². The van der Waals surface area contributed by atoms with Gasteiger partial charge in [-0.1, -0.05) is 6.07 Å². The zero-order chi connectivity index (χ0) is 13.9. The van der Waals surface area contributed by atoms with Gasteiger partial charge in [0, 0.05) is 13.2 Å². The molecule has 106 valence electrons. The van der Waals surface area contributed by atoms with Gasteiger partial charge in [0.15, 0.2) is 0 Å². The van der Waals surface area contributed by atoms with Gasteiger partial charge in [0.2, 0.25) is 0 Å². The summed E-state index contributed by atoms with van der Waals surface area (Å²) in [7, 11) is 0. The monoisotopic (exact) mass is 292 g/mol. The quantitative estimate of drug-likeness (QED) is 0.910. The first-order chi connectivity index (χ1) is 9.74. The fourth-order valence-electron chi connectivity index (χ4n) is 2.28. The number of aryl methyl sites for hydroxylation is 1. The van der Waals surface area contributed by atoms with Gasteiger partial charge in [-0.2, -0.15) is 8.75 Å². The molecule has 2 N–H and O–H groups in total. The van der Waals surface area contributed by atoms with Gasteiger partial charge in [-0.05, 0) is 31.4 Å². The Morgan fingerprint density at radius 1 is 1.50 bits per heavy atom. The van der Waals surface area contributed by atoms with Crippen LogP contribution in [-0.2, 0) is 4.74 Å². The Labute approximate surface area is 120 Å². The number of hydrogen-bond donors (Lipinski definition) is 2. The van der Waals surface area contributed by atoms with Crippen LogP contribution in [-0.4, -0.2) is 34.0 Å². The molecule has 0 saturated carbocycles. The van der Waals surface area contributed by atoms with Gasteiger partial charge in [0.05, 0.1) is 23.5 Å². The number of benzene rings is 1. The minimum atomic E-state index is -0.232. The molecule has 0 radical (unpaired) electrons. The molecule has 1 aromatic heterocycles. The summed E-state index contributed by atoms with van der Waals surface area (Å²) in [5.74, 6) is 0. The Bertz CT molecular complexity index is 622. The van der Waals surface area contributed by atoms with Gasteiger partial charge in [-0.15, -0.1) is 0 Å². The van der Waals surface area contributed by atoms with Crippen LogP contribution < -0.4 is 10.6 Å². The summed E-state index contributed by atoms with van der Waals surface area (Å²) < 4.78 is 13.9. The molecular weight excluding hydrogens is 276 g/mol. The third-order valence-corrected chi connectivity index (χ3v) is 3.93. The lowest BCUT2D eigenvalue weighted by Gasteiger charge is -2.13. The summed E-state index contributed by atoms with van der Waals surface area (Å²) in [6, 6.07) is 3.60. The second-order valence-corrected chi connectivity index (χ2v) is 5.39. The van der Waals surface area contributed by atoms with Crippen molar-refractivity contribution in [3.63, 3.8) is 0 Å². The number of nitrogens with one attached hydrogen (secondary N) is 2. The molecule has 0 bridgehead atoms. The van der Waals surface area contributed by atoms with E-state index in [0.717, 1.165) is 53.5 Å². The maximum atomic E-state index is 12.0. The van der Waals surface area contributed by atoms with Gasteiger partial charge in [-0.25, -0.2) is 4.79 Å². The van der Waals surface area contributed by atoms with Crippen LogP contribution in [0, 0.1) is 6.92 Å². The highest BCUT2D eigenvalue weighted by Crippen LogP contribution is 2.25. The van der Waals surface area contributed by atoms with E-state index in [1.807, 2.05) is 19.1 Å². The van der Waals surface area contributed by atoms with Crippen molar-refractivity contribution in [2.75, 3.05) is 18.5 Å². The molecule has 0 aliphatic carbocycles. The lowest BCUT2D eigenvalue weighted by Crippen LogP contribution is -2.35. The predicted molar refractivity (Wildman–Crippen MR) is 78.1 cm³/mol. The van der Waals surface area contributed by atoms with Crippen LogP contribution in [0.15, 0.2) is 12.1 Å². The number of anilines is 1. The van der Waals surface area contributed by atoms with Crippen molar-refractivity contribution in [2.45, 2.75) is 25.9 Å². The van der Waals surface area contributed by atoms with Crippen LogP contribution in [0.5, 0.6) is 0 Å². The smallest absolute Gasteiger partial charge is 0.319 e. The summed E-state index contributed by atoms with van der Waals surface area (Å²) in [5.41, 5.74) is 3.23. The molecule has 0 unspecified atom stereocenters. The van der Waals surface area contributed by atoms with Crippen molar-refractivity contribution < 1.29 is 9.53 Å². The number of fused-ring (bicyclic) bond motifs is 1. The number of aromatic nitrogens is 2. The number of carbonyl (C=O) groups is 1. The Morgan fingerprint density at radius 3 is 3.20 bits per heavy atom. The van der Waals surface area contributed by atoms with Crippen molar-refractivity contribution in [1.82, 2.24) is 14.1 Å². The molecule has 2 heterocycles. The van der Waals surface area contributed by atoms with Crippen molar-refractivity contribution in [1.29, 1.82) is 0 Å². The first-order valence-electron chi connectivity index (χ1n) is 6.62. The molecule has 1 atom stereocenters. The lowest BCUT2D eigenvalue weighted by molar-refractivity contribution is 0.112. The average molecular weight is 292 g/mol. The van der Waals surface area contributed by atoms with Gasteiger partial charge >= 0.3 is 6.03 Å². The second-order valence-electron chi connectivity index (χ2n) is 4.86. The Balaban J connectivity index is 1.67. The second kappa shape index (κ2) is 5.72. The van der Waals surface area contributed by atoms with Crippen molar-refractivity contribution in [3.8, 4) is 0 Å². The molecule has 20 heavy (non-hydrogen) atoms. The number of urea groups is 1. The van der Waals surface area contributed by atoms with Crippen molar-refractivity contribution >= 4 is 34.5 Å². The maximum Gasteiger partial charge on any atom is 0.319 e. The standard InChI is InChI=1S/C13H16N4O2S/c1-8-4-5-10-12(17-20-16-10)11(8)15-13(18)14-7-9-3-2-6-19-9/h4-5,9H,2-3,6-7H2,1H3,(H2,14,15,18)/t9-/m0/s1. The number of nitrogens with zero attached hydrogens (tertiary/aromatic N) is 2. The highest BCUT2D eigenvalue weighted by molar-refractivity contribution is 7.00. The van der Waals surface area contributed by atoms with E-state index >= 15 is 0 Å². The maximum absolute atomic E-state index is 12.0. The van der Waals surface area contributed by atoms with Gasteiger partial charge < -0.3 is 15.4 Å². The minimum absolute atomic E-state index is 0.138. The summed E-state index contributed by atoms with van der Waals surface area (Å²) in [4.78, 5) is 12.0. The summed E-state index contributed by atoms with van der Waals surface area (Å²) in [6.45, 7) is 3.27. The van der Waals surface area contributed by atoms with Gasteiger partial charge in [-0.3, -0.25) is 0 Å². The number of hydrogen-bond acceptors (Lipinski definition) is 5. The number of ether oxygens (including phenoxy) is 1. The van der Waals surface area contributed by atoms with Crippen LogP contribution in [0.1, 0.15) is 18.4 Å². The summed E-state index contributed by atoms with van der Waals surface area (Å²) >= 11 is 1.14. The molecule has 1 aliphatic heterocycles. The number of rotatable bonds is 3. The SMILES string of the molecule is Cc1ccc2nsnc2c1NC(=O)NC[C@@H]1CCCO1. The summed E-state index contributed by atoms with van der Waals surface area (Å²) in [5, 5.41) is 5.70. The van der Waals surface area contributed by atoms with E-state index in [4.69, 9.17) is 4.74 Å². The average Bonchev–Trinajstić information content (AvgIpc) is 3.10. The first kappa shape index (κ1) is 13.3. The van der Waals surface area contributed by atoms with Crippen LogP contribution in [0.3, 0.4) is 0 Å². The van der Waals surface area contributed by atoms with E-state index in [9.17, 15) is 4.79 Å². The van der Waals surface area contributed by atoms with E-state index in [-0.39, 0.29) is 12.1 Å². The van der Waals surface area contributed by atoms with Crippen LogP contribution in [0.2, 0.25) is 0 Å². The first-order valence-corrected chi connectivity index (χ1v) is 7.35. The van der Waals surface area contributed by atoms with Gasteiger partial charge in [0.25, 0.3) is 0 Å². The van der Waals surface area contributed by atoms with E-state index in [0.29, 0.717) is 6.54 Å². The molecule has 1 fully saturated rings. The zero-order valence-corrected chi connectivity index (χ0v) is 12.0. The molecule has 1 aromatic carbocycles. The Hall–Kier alpha value is -1.73. The van der Waals surface area contributed by atoms with Gasteiger partial charge in [0.1, 0.15) is 11.0 Å². The molecule has 2 aromatic rings. The molecular formula is C13H16N4O2S. The fraction of sp³-hybridized carbons (Fsp3) is 0.462.